The molecule has 1 aromatic heterocycles. The molecule has 1 amide bonds. The van der Waals surface area contributed by atoms with Gasteiger partial charge in [0, 0.05) is 37.7 Å². The van der Waals surface area contributed by atoms with Crippen molar-refractivity contribution in [2.24, 2.45) is 4.99 Å². The Kier molecular flexibility index (Phi) is 6.68. The van der Waals surface area contributed by atoms with Crippen LogP contribution in [0.25, 0.3) is 11.3 Å². The number of aromatic nitrogens is 1. The van der Waals surface area contributed by atoms with Crippen molar-refractivity contribution in [3.63, 3.8) is 0 Å². The van der Waals surface area contributed by atoms with Crippen LogP contribution in [0.5, 0.6) is 0 Å². The summed E-state index contributed by atoms with van der Waals surface area (Å²) in [5.41, 5.74) is 2.21. The van der Waals surface area contributed by atoms with E-state index in [0.717, 1.165) is 30.8 Å². The van der Waals surface area contributed by atoms with Crippen LogP contribution in [-0.4, -0.2) is 47.4 Å². The van der Waals surface area contributed by atoms with Gasteiger partial charge in [0.25, 0.3) is 0 Å². The molecule has 2 aromatic rings. The second kappa shape index (κ2) is 9.39. The lowest BCUT2D eigenvalue weighted by Gasteiger charge is -2.18. The lowest BCUT2D eigenvalue weighted by Crippen LogP contribution is -2.45. The monoisotopic (exact) mass is 383 g/mol. The van der Waals surface area contributed by atoms with Gasteiger partial charge in [0.05, 0.1) is 6.20 Å². The largest absolute Gasteiger partial charge is 0.439 e. The molecule has 1 aromatic carbocycles. The lowest BCUT2D eigenvalue weighted by molar-refractivity contribution is -0.129. The maximum Gasteiger partial charge on any atom is 0.222 e. The van der Waals surface area contributed by atoms with Crippen LogP contribution in [0.2, 0.25) is 0 Å². The molecule has 1 fully saturated rings. The van der Waals surface area contributed by atoms with E-state index in [2.05, 4.69) is 39.7 Å². The Morgan fingerprint density at radius 2 is 2.11 bits per heavy atom. The first-order valence-corrected chi connectivity index (χ1v) is 9.93. The highest BCUT2D eigenvalue weighted by molar-refractivity contribution is 5.80. The summed E-state index contributed by atoms with van der Waals surface area (Å²) < 4.78 is 5.84. The van der Waals surface area contributed by atoms with Gasteiger partial charge in [-0.15, -0.1) is 0 Å². The van der Waals surface area contributed by atoms with Crippen LogP contribution in [0.15, 0.2) is 39.9 Å². The summed E-state index contributed by atoms with van der Waals surface area (Å²) in [6.45, 7) is 8.61. The third-order valence-corrected chi connectivity index (χ3v) is 4.79. The van der Waals surface area contributed by atoms with Gasteiger partial charge >= 0.3 is 0 Å². The Balaban J connectivity index is 1.60. The van der Waals surface area contributed by atoms with Crippen LogP contribution in [0, 0.1) is 6.92 Å². The Hall–Kier alpha value is -2.83. The Morgan fingerprint density at radius 1 is 1.32 bits per heavy atom. The van der Waals surface area contributed by atoms with E-state index in [9.17, 15) is 4.79 Å². The molecule has 1 saturated heterocycles. The van der Waals surface area contributed by atoms with Gasteiger partial charge in [-0.2, -0.15) is 0 Å². The fourth-order valence-electron chi connectivity index (χ4n) is 3.22. The van der Waals surface area contributed by atoms with Crippen molar-refractivity contribution < 1.29 is 9.21 Å². The SMILES string of the molecule is CCNC(=NCc1ncc(-c2ccc(C)cc2)o1)NC1CCN(C(=O)CC)C1. The molecular formula is C21H29N5O2. The summed E-state index contributed by atoms with van der Waals surface area (Å²) in [6.07, 6.45) is 3.21. The first-order chi connectivity index (χ1) is 13.6. The number of nitrogens with zero attached hydrogens (tertiary/aromatic N) is 3. The number of nitrogens with one attached hydrogen (secondary N) is 2. The molecule has 7 heteroatoms. The topological polar surface area (TPSA) is 82.8 Å². The Morgan fingerprint density at radius 3 is 2.82 bits per heavy atom. The predicted molar refractivity (Wildman–Crippen MR) is 110 cm³/mol. The molecule has 0 aliphatic carbocycles. The van der Waals surface area contributed by atoms with Crippen molar-refractivity contribution >= 4 is 11.9 Å². The normalized spacial score (nSPS) is 17.0. The molecule has 1 atom stereocenters. The number of carbonyl (C=O) groups is 1. The van der Waals surface area contributed by atoms with Gasteiger partial charge in [0.2, 0.25) is 11.8 Å². The van der Waals surface area contributed by atoms with Crippen LogP contribution in [0.4, 0.5) is 0 Å². The van der Waals surface area contributed by atoms with E-state index in [1.54, 1.807) is 6.20 Å². The van der Waals surface area contributed by atoms with Crippen LogP contribution < -0.4 is 10.6 Å². The third-order valence-electron chi connectivity index (χ3n) is 4.79. The zero-order valence-electron chi connectivity index (χ0n) is 16.9. The van der Waals surface area contributed by atoms with Gasteiger partial charge in [0.1, 0.15) is 6.54 Å². The fourth-order valence-corrected chi connectivity index (χ4v) is 3.22. The molecule has 28 heavy (non-hydrogen) atoms. The van der Waals surface area contributed by atoms with E-state index in [1.807, 2.05) is 30.9 Å². The molecule has 7 nitrogen and oxygen atoms in total. The van der Waals surface area contributed by atoms with Crippen molar-refractivity contribution in [2.75, 3.05) is 19.6 Å². The minimum atomic E-state index is 0.203. The zero-order chi connectivity index (χ0) is 19.9. The number of carbonyl (C=O) groups excluding carboxylic acids is 1. The number of benzene rings is 1. The van der Waals surface area contributed by atoms with Crippen LogP contribution in [0.1, 0.15) is 38.1 Å². The van der Waals surface area contributed by atoms with Gasteiger partial charge < -0.3 is 20.0 Å². The van der Waals surface area contributed by atoms with E-state index in [1.165, 1.54) is 5.56 Å². The molecule has 1 unspecified atom stereocenters. The maximum absolute atomic E-state index is 11.9. The molecule has 0 spiro atoms. The Labute approximate surface area is 166 Å². The Bertz CT molecular complexity index is 812. The number of oxazole rings is 1. The number of amides is 1. The number of hydrogen-bond donors (Lipinski definition) is 2. The van der Waals surface area contributed by atoms with E-state index in [-0.39, 0.29) is 11.9 Å². The highest BCUT2D eigenvalue weighted by Crippen LogP contribution is 2.21. The maximum atomic E-state index is 11.9. The number of aliphatic imine (C=N–C) groups is 1. The number of likely N-dealkylation sites (tertiary alicyclic amines) is 1. The molecule has 2 heterocycles. The van der Waals surface area contributed by atoms with E-state index in [4.69, 9.17) is 4.42 Å². The number of hydrogen-bond acceptors (Lipinski definition) is 4. The van der Waals surface area contributed by atoms with Crippen molar-refractivity contribution in [3.8, 4) is 11.3 Å². The molecule has 3 rings (SSSR count). The minimum Gasteiger partial charge on any atom is -0.439 e. The van der Waals surface area contributed by atoms with Gasteiger partial charge in [-0.1, -0.05) is 36.8 Å². The quantitative estimate of drug-likeness (QED) is 0.592. The minimum absolute atomic E-state index is 0.203. The summed E-state index contributed by atoms with van der Waals surface area (Å²) >= 11 is 0. The van der Waals surface area contributed by atoms with E-state index >= 15 is 0 Å². The number of rotatable bonds is 6. The second-order valence-corrected chi connectivity index (χ2v) is 7.00. The fraction of sp³-hybridized carbons (Fsp3) is 0.476. The van der Waals surface area contributed by atoms with Crippen molar-refractivity contribution in [2.45, 2.75) is 46.2 Å². The summed E-state index contributed by atoms with van der Waals surface area (Å²) in [4.78, 5) is 22.7. The average molecular weight is 383 g/mol. The molecule has 0 bridgehead atoms. The van der Waals surface area contributed by atoms with Crippen molar-refractivity contribution in [3.05, 3.63) is 41.9 Å². The average Bonchev–Trinajstić information content (AvgIpc) is 3.36. The van der Waals surface area contributed by atoms with Crippen LogP contribution in [0.3, 0.4) is 0 Å². The highest BCUT2D eigenvalue weighted by atomic mass is 16.4. The summed E-state index contributed by atoms with van der Waals surface area (Å²) in [5, 5.41) is 6.66. The standard InChI is InChI=1S/C21H29N5O2/c1-4-20(27)26-11-10-17(14-26)25-21(22-5-2)24-13-19-23-12-18(28-19)16-8-6-15(3)7-9-16/h6-9,12,17H,4-5,10-11,13-14H2,1-3H3,(H2,22,24,25). The smallest absolute Gasteiger partial charge is 0.222 e. The van der Waals surface area contributed by atoms with Crippen molar-refractivity contribution in [1.29, 1.82) is 0 Å². The molecule has 1 aliphatic heterocycles. The molecule has 2 N–H and O–H groups in total. The summed E-state index contributed by atoms with van der Waals surface area (Å²) in [7, 11) is 0. The van der Waals surface area contributed by atoms with E-state index < -0.39 is 0 Å². The molecule has 1 aliphatic rings. The van der Waals surface area contributed by atoms with Crippen LogP contribution >= 0.6 is 0 Å². The molecule has 0 radical (unpaired) electrons. The van der Waals surface area contributed by atoms with Crippen molar-refractivity contribution in [1.82, 2.24) is 20.5 Å². The van der Waals surface area contributed by atoms with Gasteiger partial charge in [-0.3, -0.25) is 4.79 Å². The first kappa shape index (κ1) is 19.9. The highest BCUT2D eigenvalue weighted by Gasteiger charge is 2.25. The van der Waals surface area contributed by atoms with Gasteiger partial charge in [-0.25, -0.2) is 9.98 Å². The van der Waals surface area contributed by atoms with E-state index in [0.29, 0.717) is 31.4 Å². The number of aryl methyl sites for hydroxylation is 1. The van der Waals surface area contributed by atoms with Gasteiger partial charge in [0.15, 0.2) is 11.7 Å². The predicted octanol–water partition coefficient (Wildman–Crippen LogP) is 2.72. The summed E-state index contributed by atoms with van der Waals surface area (Å²) in [6, 6.07) is 8.37. The molecule has 0 saturated carbocycles. The molecule has 150 valence electrons. The lowest BCUT2D eigenvalue weighted by atomic mass is 10.1. The molecular weight excluding hydrogens is 354 g/mol. The first-order valence-electron chi connectivity index (χ1n) is 9.93. The second-order valence-electron chi connectivity index (χ2n) is 7.00. The summed E-state index contributed by atoms with van der Waals surface area (Å²) in [5.74, 6) is 2.23. The van der Waals surface area contributed by atoms with Crippen LogP contribution in [-0.2, 0) is 11.3 Å². The van der Waals surface area contributed by atoms with Gasteiger partial charge in [-0.05, 0) is 20.3 Å². The number of guanidine groups is 1. The zero-order valence-corrected chi connectivity index (χ0v) is 16.9. The third kappa shape index (κ3) is 5.12.